The Hall–Kier alpha value is -4.05. The zero-order chi connectivity index (χ0) is 22.8. The number of methoxy groups -OCH3 is 1. The van der Waals surface area contributed by atoms with E-state index in [1.54, 1.807) is 31.2 Å². The van der Waals surface area contributed by atoms with Gasteiger partial charge in [-0.15, -0.1) is 0 Å². The maximum Gasteiger partial charge on any atom is 0.274 e. The Morgan fingerprint density at radius 1 is 1.00 bits per heavy atom. The van der Waals surface area contributed by atoms with Crippen LogP contribution in [-0.4, -0.2) is 28.3 Å². The van der Waals surface area contributed by atoms with Gasteiger partial charge in [-0.3, -0.25) is 14.4 Å². The van der Waals surface area contributed by atoms with E-state index in [0.717, 1.165) is 15.7 Å². The van der Waals surface area contributed by atoms with Gasteiger partial charge in [0.15, 0.2) is 4.96 Å². The minimum absolute atomic E-state index is 0.00413. The predicted octanol–water partition coefficient (Wildman–Crippen LogP) is 3.72. The molecule has 0 aliphatic rings. The topological polar surface area (TPSA) is 102 Å². The summed E-state index contributed by atoms with van der Waals surface area (Å²) >= 11 is 0.913. The van der Waals surface area contributed by atoms with Crippen molar-refractivity contribution < 1.29 is 18.7 Å². The lowest BCUT2D eigenvalue weighted by Crippen LogP contribution is -2.25. The molecule has 0 bridgehead atoms. The van der Waals surface area contributed by atoms with Gasteiger partial charge < -0.3 is 15.4 Å². The number of halogens is 1. The van der Waals surface area contributed by atoms with Crippen molar-refractivity contribution in [2.24, 2.45) is 0 Å². The third-order valence-electron chi connectivity index (χ3n) is 4.52. The van der Waals surface area contributed by atoms with Crippen LogP contribution in [0.3, 0.4) is 0 Å². The second kappa shape index (κ2) is 8.60. The number of ether oxygens (including phenoxy) is 1. The number of anilines is 2. The second-order valence-corrected chi connectivity index (χ2v) is 7.75. The van der Waals surface area contributed by atoms with Gasteiger partial charge in [0.25, 0.3) is 17.4 Å². The standard InChI is InChI=1S/C22H17FN4O4S/c1-12-11-17(28)27-18(20(29)25-15-7-9-16(31-2)10-8-15)19(32-22(27)24-12)21(30)26-14-5-3-13(23)4-6-14/h3-11H,1-2H3,(H,25,29)(H,26,30). The van der Waals surface area contributed by atoms with Crippen LogP contribution in [-0.2, 0) is 0 Å². The number of hydrogen-bond donors (Lipinski definition) is 2. The molecule has 10 heteroatoms. The van der Waals surface area contributed by atoms with Crippen LogP contribution in [0.5, 0.6) is 5.75 Å². The van der Waals surface area contributed by atoms with Crippen molar-refractivity contribution in [3.63, 3.8) is 0 Å². The average molecular weight is 452 g/mol. The molecule has 4 aromatic rings. The van der Waals surface area contributed by atoms with Gasteiger partial charge in [0.05, 0.1) is 7.11 Å². The zero-order valence-corrected chi connectivity index (χ0v) is 17.8. The molecular formula is C22H17FN4O4S. The van der Waals surface area contributed by atoms with E-state index in [-0.39, 0.29) is 15.5 Å². The van der Waals surface area contributed by atoms with Crippen LogP contribution < -0.4 is 20.9 Å². The van der Waals surface area contributed by atoms with E-state index in [1.807, 2.05) is 0 Å². The van der Waals surface area contributed by atoms with Crippen molar-refractivity contribution in [2.45, 2.75) is 6.92 Å². The maximum absolute atomic E-state index is 13.2. The van der Waals surface area contributed by atoms with Gasteiger partial charge in [-0.25, -0.2) is 13.8 Å². The molecule has 0 radical (unpaired) electrons. The van der Waals surface area contributed by atoms with E-state index >= 15 is 0 Å². The first-order valence-corrected chi connectivity index (χ1v) is 10.2. The molecule has 0 saturated carbocycles. The molecule has 2 heterocycles. The number of benzene rings is 2. The highest BCUT2D eigenvalue weighted by molar-refractivity contribution is 7.19. The van der Waals surface area contributed by atoms with Crippen LogP contribution in [0.25, 0.3) is 4.96 Å². The summed E-state index contributed by atoms with van der Waals surface area (Å²) in [5.41, 5.74) is 0.631. The van der Waals surface area contributed by atoms with Crippen LogP contribution in [0.1, 0.15) is 25.9 Å². The molecule has 0 spiro atoms. The highest BCUT2D eigenvalue weighted by Crippen LogP contribution is 2.24. The van der Waals surface area contributed by atoms with E-state index in [4.69, 9.17) is 4.74 Å². The summed E-state index contributed by atoms with van der Waals surface area (Å²) in [6.07, 6.45) is 0. The van der Waals surface area contributed by atoms with Gasteiger partial charge in [0.2, 0.25) is 0 Å². The number of aryl methyl sites for hydroxylation is 1. The molecule has 2 aromatic heterocycles. The lowest BCUT2D eigenvalue weighted by Gasteiger charge is -2.09. The monoisotopic (exact) mass is 452 g/mol. The number of carbonyl (C=O) groups excluding carboxylic acids is 2. The van der Waals surface area contributed by atoms with Crippen molar-refractivity contribution in [2.75, 3.05) is 17.7 Å². The number of rotatable bonds is 5. The summed E-state index contributed by atoms with van der Waals surface area (Å²) in [7, 11) is 1.53. The Labute approximate surface area is 185 Å². The molecule has 162 valence electrons. The number of aromatic nitrogens is 2. The summed E-state index contributed by atoms with van der Waals surface area (Å²) in [5, 5.41) is 5.31. The largest absolute Gasteiger partial charge is 0.497 e. The molecule has 2 N–H and O–H groups in total. The molecule has 2 amide bonds. The lowest BCUT2D eigenvalue weighted by atomic mass is 10.2. The van der Waals surface area contributed by atoms with Gasteiger partial charge in [-0.2, -0.15) is 0 Å². The molecule has 8 nitrogen and oxygen atoms in total. The lowest BCUT2D eigenvalue weighted by molar-refractivity contribution is 0.0989. The molecule has 0 aliphatic carbocycles. The molecule has 0 saturated heterocycles. The third-order valence-corrected chi connectivity index (χ3v) is 5.56. The van der Waals surface area contributed by atoms with Crippen LogP contribution in [0.4, 0.5) is 15.8 Å². The van der Waals surface area contributed by atoms with Gasteiger partial charge >= 0.3 is 0 Å². The molecule has 0 unspecified atom stereocenters. The summed E-state index contributed by atoms with van der Waals surface area (Å²) in [4.78, 5) is 43.3. The van der Waals surface area contributed by atoms with E-state index in [9.17, 15) is 18.8 Å². The van der Waals surface area contributed by atoms with E-state index in [2.05, 4.69) is 15.6 Å². The number of nitrogens with zero attached hydrogens (tertiary/aromatic N) is 2. The summed E-state index contributed by atoms with van der Waals surface area (Å²) in [6.45, 7) is 1.65. The van der Waals surface area contributed by atoms with Gasteiger partial charge in [0, 0.05) is 23.1 Å². The Kier molecular flexibility index (Phi) is 5.69. The number of carbonyl (C=O) groups is 2. The Bertz CT molecular complexity index is 1380. The zero-order valence-electron chi connectivity index (χ0n) is 17.0. The molecule has 32 heavy (non-hydrogen) atoms. The van der Waals surface area contributed by atoms with Crippen LogP contribution >= 0.6 is 11.3 Å². The van der Waals surface area contributed by atoms with Crippen molar-refractivity contribution >= 4 is 39.5 Å². The number of hydrogen-bond acceptors (Lipinski definition) is 6. The fourth-order valence-electron chi connectivity index (χ4n) is 3.03. The summed E-state index contributed by atoms with van der Waals surface area (Å²) in [5.74, 6) is -1.11. The smallest absolute Gasteiger partial charge is 0.274 e. The molecule has 4 rings (SSSR count). The van der Waals surface area contributed by atoms with Crippen LogP contribution in [0, 0.1) is 12.7 Å². The number of amides is 2. The molecule has 2 aromatic carbocycles. The van der Waals surface area contributed by atoms with Crippen LogP contribution in [0.15, 0.2) is 59.4 Å². The fourth-order valence-corrected chi connectivity index (χ4v) is 4.10. The first kappa shape index (κ1) is 21.2. The summed E-state index contributed by atoms with van der Waals surface area (Å²) in [6, 6.07) is 13.1. The predicted molar refractivity (Wildman–Crippen MR) is 119 cm³/mol. The quantitative estimate of drug-likeness (QED) is 0.481. The maximum atomic E-state index is 13.2. The SMILES string of the molecule is COc1ccc(NC(=O)c2c(C(=O)Nc3ccc(F)cc3)sc3nc(C)cc(=O)n23)cc1. The normalized spacial score (nSPS) is 10.7. The van der Waals surface area contributed by atoms with E-state index in [1.165, 1.54) is 37.4 Å². The minimum atomic E-state index is -0.654. The van der Waals surface area contributed by atoms with Crippen molar-refractivity contribution in [1.82, 2.24) is 9.38 Å². The molecule has 0 atom stereocenters. The first-order valence-electron chi connectivity index (χ1n) is 9.41. The summed E-state index contributed by atoms with van der Waals surface area (Å²) < 4.78 is 19.4. The number of fused-ring (bicyclic) bond motifs is 1. The van der Waals surface area contributed by atoms with Gasteiger partial charge in [-0.05, 0) is 55.5 Å². The number of thiazole rings is 1. The Morgan fingerprint density at radius 3 is 2.22 bits per heavy atom. The fraction of sp³-hybridized carbons (Fsp3) is 0.0909. The highest BCUT2D eigenvalue weighted by Gasteiger charge is 2.26. The Morgan fingerprint density at radius 2 is 1.59 bits per heavy atom. The molecule has 0 aliphatic heterocycles. The highest BCUT2D eigenvalue weighted by atomic mass is 32.1. The average Bonchev–Trinajstić information content (AvgIpc) is 3.16. The first-order chi connectivity index (χ1) is 15.4. The van der Waals surface area contributed by atoms with E-state index < -0.39 is 23.2 Å². The number of nitrogens with one attached hydrogen (secondary N) is 2. The van der Waals surface area contributed by atoms with E-state index in [0.29, 0.717) is 22.8 Å². The Balaban J connectivity index is 1.76. The molecular weight excluding hydrogens is 435 g/mol. The van der Waals surface area contributed by atoms with Gasteiger partial charge in [0.1, 0.15) is 22.1 Å². The van der Waals surface area contributed by atoms with Crippen molar-refractivity contribution in [1.29, 1.82) is 0 Å². The minimum Gasteiger partial charge on any atom is -0.497 e. The molecule has 0 fully saturated rings. The van der Waals surface area contributed by atoms with Crippen LogP contribution in [0.2, 0.25) is 0 Å². The third kappa shape index (κ3) is 4.21. The van der Waals surface area contributed by atoms with Crippen molar-refractivity contribution in [3.05, 3.63) is 87.0 Å². The second-order valence-electron chi connectivity index (χ2n) is 6.78. The van der Waals surface area contributed by atoms with Crippen molar-refractivity contribution in [3.8, 4) is 5.75 Å². The van der Waals surface area contributed by atoms with Gasteiger partial charge in [-0.1, -0.05) is 11.3 Å².